The number of hydrogen-bond donors (Lipinski definition) is 1. The van der Waals surface area contributed by atoms with Gasteiger partial charge < -0.3 is 14.8 Å². The fraction of sp³-hybridized carbons (Fsp3) is 0.417. The molecule has 0 atom stereocenters. The van der Waals surface area contributed by atoms with Gasteiger partial charge in [0, 0.05) is 12.5 Å². The summed E-state index contributed by atoms with van der Waals surface area (Å²) in [4.78, 5) is 10.8. The lowest BCUT2D eigenvalue weighted by atomic mass is 10.2. The smallest absolute Gasteiger partial charge is 0.217 e. The molecule has 0 aromatic heterocycles. The summed E-state index contributed by atoms with van der Waals surface area (Å²) in [6, 6.07) is 9.72. The van der Waals surface area contributed by atoms with E-state index in [0.717, 1.165) is 5.56 Å². The molecule has 1 saturated heterocycles. The van der Waals surface area contributed by atoms with Crippen molar-refractivity contribution in [2.75, 3.05) is 13.2 Å². The van der Waals surface area contributed by atoms with Gasteiger partial charge in [-0.05, 0) is 0 Å². The largest absolute Gasteiger partial charge is 0.349 e. The summed E-state index contributed by atoms with van der Waals surface area (Å²) in [7, 11) is 0. The Bertz CT molecular complexity index is 345. The zero-order valence-electron chi connectivity index (χ0n) is 9.18. The topological polar surface area (TPSA) is 47.6 Å². The van der Waals surface area contributed by atoms with E-state index in [2.05, 4.69) is 5.32 Å². The minimum atomic E-state index is -0.314. The Hall–Kier alpha value is -1.39. The molecule has 0 saturated carbocycles. The van der Waals surface area contributed by atoms with Gasteiger partial charge in [-0.1, -0.05) is 30.3 Å². The standard InChI is InChI=1S/C12H15NO3/c1-9(14)13-11-7-15-12(16-8-11)10-5-3-2-4-6-10/h2-6,11-12H,7-8H2,1H3,(H,13,14). The highest BCUT2D eigenvalue weighted by atomic mass is 16.7. The number of carbonyl (C=O) groups excluding carboxylic acids is 1. The number of rotatable bonds is 2. The lowest BCUT2D eigenvalue weighted by Crippen LogP contribution is -2.44. The van der Waals surface area contributed by atoms with Crippen molar-refractivity contribution in [1.82, 2.24) is 5.32 Å². The second kappa shape index (κ2) is 5.09. The molecule has 1 aromatic carbocycles. The molecule has 1 aliphatic heterocycles. The first-order valence-electron chi connectivity index (χ1n) is 5.31. The minimum Gasteiger partial charge on any atom is -0.349 e. The third-order valence-electron chi connectivity index (χ3n) is 2.38. The van der Waals surface area contributed by atoms with Crippen LogP contribution in [-0.4, -0.2) is 25.2 Å². The van der Waals surface area contributed by atoms with Crippen molar-refractivity contribution in [3.63, 3.8) is 0 Å². The molecule has 4 heteroatoms. The van der Waals surface area contributed by atoms with Gasteiger partial charge in [-0.3, -0.25) is 4.79 Å². The third kappa shape index (κ3) is 2.81. The van der Waals surface area contributed by atoms with Gasteiger partial charge in [0.05, 0.1) is 19.3 Å². The van der Waals surface area contributed by atoms with Gasteiger partial charge in [-0.15, -0.1) is 0 Å². The summed E-state index contributed by atoms with van der Waals surface area (Å²) in [6.07, 6.45) is -0.314. The molecule has 1 fully saturated rings. The van der Waals surface area contributed by atoms with Crippen LogP contribution in [0, 0.1) is 0 Å². The van der Waals surface area contributed by atoms with E-state index in [0.29, 0.717) is 13.2 Å². The summed E-state index contributed by atoms with van der Waals surface area (Å²) in [5.74, 6) is -0.0599. The second-order valence-electron chi connectivity index (χ2n) is 3.81. The monoisotopic (exact) mass is 221 g/mol. The molecule has 1 N–H and O–H groups in total. The summed E-state index contributed by atoms with van der Waals surface area (Å²) in [6.45, 7) is 2.46. The van der Waals surface area contributed by atoms with Crippen LogP contribution in [0.1, 0.15) is 18.8 Å². The second-order valence-corrected chi connectivity index (χ2v) is 3.81. The van der Waals surface area contributed by atoms with E-state index in [1.165, 1.54) is 6.92 Å². The Kier molecular flexibility index (Phi) is 3.54. The Morgan fingerprint density at radius 1 is 1.25 bits per heavy atom. The van der Waals surface area contributed by atoms with Crippen LogP contribution in [0.5, 0.6) is 0 Å². The molecule has 0 spiro atoms. The average molecular weight is 221 g/mol. The van der Waals surface area contributed by atoms with Crippen LogP contribution in [0.4, 0.5) is 0 Å². The van der Waals surface area contributed by atoms with Gasteiger partial charge in [0.25, 0.3) is 0 Å². The molecule has 1 amide bonds. The summed E-state index contributed by atoms with van der Waals surface area (Å²) in [5, 5.41) is 2.76. The van der Waals surface area contributed by atoms with Gasteiger partial charge in [0.1, 0.15) is 0 Å². The van der Waals surface area contributed by atoms with Crippen LogP contribution in [0.15, 0.2) is 30.3 Å². The average Bonchev–Trinajstić information content (AvgIpc) is 2.30. The number of hydrogen-bond acceptors (Lipinski definition) is 3. The number of nitrogens with one attached hydrogen (secondary N) is 1. The number of ether oxygens (including phenoxy) is 2. The third-order valence-corrected chi connectivity index (χ3v) is 2.38. The first-order valence-corrected chi connectivity index (χ1v) is 5.31. The molecule has 0 unspecified atom stereocenters. The van der Waals surface area contributed by atoms with Crippen molar-refractivity contribution in [2.24, 2.45) is 0 Å². The first kappa shape index (κ1) is 11.1. The Morgan fingerprint density at radius 3 is 2.44 bits per heavy atom. The van der Waals surface area contributed by atoms with Gasteiger partial charge in [0.15, 0.2) is 6.29 Å². The molecule has 1 aliphatic rings. The first-order chi connectivity index (χ1) is 7.75. The molecule has 4 nitrogen and oxygen atoms in total. The van der Waals surface area contributed by atoms with E-state index in [1.54, 1.807) is 0 Å². The van der Waals surface area contributed by atoms with Crippen LogP contribution in [0.3, 0.4) is 0 Å². The number of amides is 1. The van der Waals surface area contributed by atoms with Crippen molar-refractivity contribution in [1.29, 1.82) is 0 Å². The predicted molar refractivity (Wildman–Crippen MR) is 58.7 cm³/mol. The molecule has 0 bridgehead atoms. The highest BCUT2D eigenvalue weighted by Gasteiger charge is 2.23. The molecule has 2 rings (SSSR count). The van der Waals surface area contributed by atoms with E-state index in [9.17, 15) is 4.79 Å². The summed E-state index contributed by atoms with van der Waals surface area (Å²) < 4.78 is 11.1. The quantitative estimate of drug-likeness (QED) is 0.817. The highest BCUT2D eigenvalue weighted by Crippen LogP contribution is 2.22. The van der Waals surface area contributed by atoms with Crippen molar-refractivity contribution < 1.29 is 14.3 Å². The maximum Gasteiger partial charge on any atom is 0.217 e. The molecular formula is C12H15NO3. The summed E-state index contributed by atoms with van der Waals surface area (Å²) in [5.41, 5.74) is 1.00. The molecule has 86 valence electrons. The van der Waals surface area contributed by atoms with Crippen LogP contribution in [0.2, 0.25) is 0 Å². The molecule has 16 heavy (non-hydrogen) atoms. The molecule has 1 aromatic rings. The fourth-order valence-corrected chi connectivity index (χ4v) is 1.68. The molecule has 0 aliphatic carbocycles. The Labute approximate surface area is 94.6 Å². The van der Waals surface area contributed by atoms with Crippen molar-refractivity contribution in [3.8, 4) is 0 Å². The van der Waals surface area contributed by atoms with Crippen LogP contribution < -0.4 is 5.32 Å². The van der Waals surface area contributed by atoms with Crippen molar-refractivity contribution in [2.45, 2.75) is 19.3 Å². The maximum atomic E-state index is 10.8. The van der Waals surface area contributed by atoms with Crippen LogP contribution in [-0.2, 0) is 14.3 Å². The zero-order valence-corrected chi connectivity index (χ0v) is 9.18. The summed E-state index contributed by atoms with van der Waals surface area (Å²) >= 11 is 0. The molecule has 1 heterocycles. The highest BCUT2D eigenvalue weighted by molar-refractivity contribution is 5.73. The lowest BCUT2D eigenvalue weighted by Gasteiger charge is -2.29. The zero-order chi connectivity index (χ0) is 11.4. The minimum absolute atomic E-state index is 0.0440. The van der Waals surface area contributed by atoms with Crippen molar-refractivity contribution >= 4 is 5.91 Å². The van der Waals surface area contributed by atoms with E-state index >= 15 is 0 Å². The van der Waals surface area contributed by atoms with E-state index in [-0.39, 0.29) is 18.2 Å². The lowest BCUT2D eigenvalue weighted by molar-refractivity contribution is -0.194. The maximum absolute atomic E-state index is 10.8. The number of carbonyl (C=O) groups is 1. The predicted octanol–water partition coefficient (Wildman–Crippen LogP) is 1.24. The fourth-order valence-electron chi connectivity index (χ4n) is 1.68. The van der Waals surface area contributed by atoms with E-state index < -0.39 is 0 Å². The van der Waals surface area contributed by atoms with Crippen LogP contribution in [0.25, 0.3) is 0 Å². The van der Waals surface area contributed by atoms with Crippen molar-refractivity contribution in [3.05, 3.63) is 35.9 Å². The van der Waals surface area contributed by atoms with Crippen LogP contribution >= 0.6 is 0 Å². The SMILES string of the molecule is CC(=O)NC1COC(c2ccccc2)OC1. The number of benzene rings is 1. The van der Waals surface area contributed by atoms with Gasteiger partial charge >= 0.3 is 0 Å². The normalized spacial score (nSPS) is 25.1. The van der Waals surface area contributed by atoms with Gasteiger partial charge in [-0.2, -0.15) is 0 Å². The van der Waals surface area contributed by atoms with E-state index in [1.807, 2.05) is 30.3 Å². The molecular weight excluding hydrogens is 206 g/mol. The van der Waals surface area contributed by atoms with E-state index in [4.69, 9.17) is 9.47 Å². The van der Waals surface area contributed by atoms with Gasteiger partial charge in [0.2, 0.25) is 5.91 Å². The molecule has 0 radical (unpaired) electrons. The Morgan fingerprint density at radius 2 is 1.88 bits per heavy atom. The Balaban J connectivity index is 1.88. The van der Waals surface area contributed by atoms with Gasteiger partial charge in [-0.25, -0.2) is 0 Å².